The monoisotopic (exact) mass is 264 g/mol. The molecule has 0 radical (unpaired) electrons. The number of pyridine rings is 1. The predicted octanol–water partition coefficient (Wildman–Crippen LogP) is 0.504. The van der Waals surface area contributed by atoms with Crippen LogP contribution in [0.3, 0.4) is 0 Å². The molecule has 1 rings (SSSR count). The lowest BCUT2D eigenvalue weighted by molar-refractivity contribution is -0.141. The number of halogens is 3. The molecule has 0 fully saturated rings. The van der Waals surface area contributed by atoms with Gasteiger partial charge in [-0.1, -0.05) is 0 Å². The molecule has 1 unspecified atom stereocenters. The largest absolute Gasteiger partial charge is 0.431 e. The lowest BCUT2D eigenvalue weighted by Crippen LogP contribution is -2.38. The van der Waals surface area contributed by atoms with E-state index in [0.29, 0.717) is 6.07 Å². The maximum absolute atomic E-state index is 12.3. The average Bonchev–Trinajstić information content (AvgIpc) is 2.27. The number of carbonyl (C=O) groups is 1. The van der Waals surface area contributed by atoms with E-state index in [1.165, 1.54) is 6.92 Å². The predicted molar refractivity (Wildman–Crippen MR) is 56.1 cm³/mol. The summed E-state index contributed by atoms with van der Waals surface area (Å²) in [5.41, 5.74) is -2.80. The minimum absolute atomic E-state index is 0.343. The van der Waals surface area contributed by atoms with E-state index < -0.39 is 34.9 Å². The minimum atomic E-state index is -4.67. The van der Waals surface area contributed by atoms with Gasteiger partial charge in [0.2, 0.25) is 0 Å². The molecule has 1 aromatic rings. The second-order valence-corrected chi connectivity index (χ2v) is 3.67. The topological polar surface area (TPSA) is 82.2 Å². The highest BCUT2D eigenvalue weighted by Gasteiger charge is 2.32. The molecule has 0 aliphatic carbocycles. The van der Waals surface area contributed by atoms with E-state index in [1.807, 2.05) is 0 Å². The fourth-order valence-corrected chi connectivity index (χ4v) is 1.17. The molecule has 1 aromatic heterocycles. The molecule has 100 valence electrons. The smallest absolute Gasteiger partial charge is 0.394 e. The number of H-pyrrole nitrogens is 1. The average molecular weight is 264 g/mol. The standard InChI is InChI=1S/C10H11F3N2O3/c1-5(4-16)14-8(17)6-2-3-7(10(11,12)13)15-9(6)18/h2-3,5,16H,4H2,1H3,(H,14,17)(H,15,18). The van der Waals surface area contributed by atoms with Crippen molar-refractivity contribution in [2.45, 2.75) is 19.1 Å². The summed E-state index contributed by atoms with van der Waals surface area (Å²) in [5, 5.41) is 11.0. The SMILES string of the molecule is CC(CO)NC(=O)c1ccc(C(F)(F)F)[nH]c1=O. The van der Waals surface area contributed by atoms with Crippen LogP contribution in [0.1, 0.15) is 23.0 Å². The molecule has 8 heteroatoms. The van der Waals surface area contributed by atoms with Crippen LogP contribution in [-0.4, -0.2) is 28.6 Å². The first-order valence-corrected chi connectivity index (χ1v) is 4.98. The Labute approximate surface area is 99.6 Å². The van der Waals surface area contributed by atoms with Crippen LogP contribution in [0.25, 0.3) is 0 Å². The lowest BCUT2D eigenvalue weighted by Gasteiger charge is -2.11. The van der Waals surface area contributed by atoms with Crippen molar-refractivity contribution in [3.63, 3.8) is 0 Å². The van der Waals surface area contributed by atoms with Crippen LogP contribution in [0.4, 0.5) is 13.2 Å². The summed E-state index contributed by atoms with van der Waals surface area (Å²) in [5.74, 6) is -0.841. The number of carbonyl (C=O) groups excluding carboxylic acids is 1. The number of hydrogen-bond acceptors (Lipinski definition) is 3. The number of aromatic amines is 1. The van der Waals surface area contributed by atoms with Crippen LogP contribution in [0.5, 0.6) is 0 Å². The molecule has 0 aliphatic heterocycles. The number of aliphatic hydroxyl groups is 1. The minimum Gasteiger partial charge on any atom is -0.394 e. The maximum atomic E-state index is 12.3. The second-order valence-electron chi connectivity index (χ2n) is 3.67. The second kappa shape index (κ2) is 5.21. The highest BCUT2D eigenvalue weighted by atomic mass is 19.4. The van der Waals surface area contributed by atoms with E-state index in [0.717, 1.165) is 6.07 Å². The zero-order chi connectivity index (χ0) is 13.9. The Morgan fingerprint density at radius 2 is 2.11 bits per heavy atom. The Morgan fingerprint density at radius 3 is 2.56 bits per heavy atom. The van der Waals surface area contributed by atoms with E-state index in [-0.39, 0.29) is 6.61 Å². The molecule has 0 bridgehead atoms. The van der Waals surface area contributed by atoms with Gasteiger partial charge in [0.15, 0.2) is 0 Å². The number of hydrogen-bond donors (Lipinski definition) is 3. The first-order valence-electron chi connectivity index (χ1n) is 4.98. The molecule has 0 spiro atoms. The summed E-state index contributed by atoms with van der Waals surface area (Å²) in [6.07, 6.45) is -4.67. The first kappa shape index (κ1) is 14.2. The van der Waals surface area contributed by atoms with E-state index in [1.54, 1.807) is 4.98 Å². The van der Waals surface area contributed by atoms with Crippen molar-refractivity contribution in [3.05, 3.63) is 33.7 Å². The van der Waals surface area contributed by atoms with Gasteiger partial charge in [0.25, 0.3) is 11.5 Å². The van der Waals surface area contributed by atoms with Crippen LogP contribution < -0.4 is 10.9 Å². The normalized spacial score (nSPS) is 13.2. The van der Waals surface area contributed by atoms with Crippen molar-refractivity contribution in [3.8, 4) is 0 Å². The molecule has 1 heterocycles. The molecule has 18 heavy (non-hydrogen) atoms. The molecule has 5 nitrogen and oxygen atoms in total. The Bertz CT molecular complexity index is 496. The van der Waals surface area contributed by atoms with Crippen LogP contribution in [0.2, 0.25) is 0 Å². The quantitative estimate of drug-likeness (QED) is 0.743. The summed E-state index contributed by atoms with van der Waals surface area (Å²) in [6, 6.07) is 0.806. The third-order valence-electron chi connectivity index (χ3n) is 2.11. The van der Waals surface area contributed by atoms with Gasteiger partial charge < -0.3 is 15.4 Å². The van der Waals surface area contributed by atoms with E-state index in [2.05, 4.69) is 5.32 Å². The number of aromatic nitrogens is 1. The Morgan fingerprint density at radius 1 is 1.50 bits per heavy atom. The Kier molecular flexibility index (Phi) is 4.12. The van der Waals surface area contributed by atoms with E-state index in [4.69, 9.17) is 5.11 Å². The fraction of sp³-hybridized carbons (Fsp3) is 0.400. The summed E-state index contributed by atoms with van der Waals surface area (Å²) < 4.78 is 36.8. The third kappa shape index (κ3) is 3.33. The van der Waals surface area contributed by atoms with Gasteiger partial charge in [-0.15, -0.1) is 0 Å². The molecule has 1 amide bonds. The van der Waals surface area contributed by atoms with Crippen molar-refractivity contribution in [1.29, 1.82) is 0 Å². The first-order chi connectivity index (χ1) is 8.25. The number of rotatable bonds is 3. The van der Waals surface area contributed by atoms with Crippen LogP contribution >= 0.6 is 0 Å². The molecular weight excluding hydrogens is 253 g/mol. The van der Waals surface area contributed by atoms with Gasteiger partial charge in [-0.2, -0.15) is 13.2 Å². The van der Waals surface area contributed by atoms with Crippen LogP contribution in [0.15, 0.2) is 16.9 Å². The Hall–Kier alpha value is -1.83. The van der Waals surface area contributed by atoms with Gasteiger partial charge >= 0.3 is 6.18 Å². The number of nitrogens with one attached hydrogen (secondary N) is 2. The van der Waals surface area contributed by atoms with Gasteiger partial charge in [0, 0.05) is 6.04 Å². The number of alkyl halides is 3. The molecule has 0 aromatic carbocycles. The van der Waals surface area contributed by atoms with Gasteiger partial charge in [-0.05, 0) is 19.1 Å². The molecule has 3 N–H and O–H groups in total. The summed E-state index contributed by atoms with van der Waals surface area (Å²) in [6.45, 7) is 1.14. The van der Waals surface area contributed by atoms with Crippen LogP contribution in [0, 0.1) is 0 Å². The zero-order valence-corrected chi connectivity index (χ0v) is 9.34. The highest BCUT2D eigenvalue weighted by Crippen LogP contribution is 2.26. The number of amides is 1. The lowest BCUT2D eigenvalue weighted by atomic mass is 10.2. The van der Waals surface area contributed by atoms with Crippen LogP contribution in [-0.2, 0) is 6.18 Å². The van der Waals surface area contributed by atoms with E-state index >= 15 is 0 Å². The highest BCUT2D eigenvalue weighted by molar-refractivity contribution is 5.93. The van der Waals surface area contributed by atoms with Gasteiger partial charge in [-0.25, -0.2) is 0 Å². The maximum Gasteiger partial charge on any atom is 0.431 e. The molecule has 0 saturated heterocycles. The summed E-state index contributed by atoms with van der Waals surface area (Å²) >= 11 is 0. The van der Waals surface area contributed by atoms with Gasteiger partial charge in [0.05, 0.1) is 6.61 Å². The molecular formula is C10H11F3N2O3. The number of aliphatic hydroxyl groups excluding tert-OH is 1. The molecule has 0 saturated carbocycles. The van der Waals surface area contributed by atoms with Crippen molar-refractivity contribution < 1.29 is 23.1 Å². The van der Waals surface area contributed by atoms with Gasteiger partial charge in [-0.3, -0.25) is 9.59 Å². The zero-order valence-electron chi connectivity index (χ0n) is 9.34. The molecule has 1 atom stereocenters. The Balaban J connectivity index is 3.00. The third-order valence-corrected chi connectivity index (χ3v) is 2.11. The van der Waals surface area contributed by atoms with Crippen molar-refractivity contribution in [2.24, 2.45) is 0 Å². The fourth-order valence-electron chi connectivity index (χ4n) is 1.17. The van der Waals surface area contributed by atoms with Crippen molar-refractivity contribution in [2.75, 3.05) is 6.61 Å². The summed E-state index contributed by atoms with van der Waals surface area (Å²) in [4.78, 5) is 24.4. The van der Waals surface area contributed by atoms with Crippen molar-refractivity contribution >= 4 is 5.91 Å². The van der Waals surface area contributed by atoms with Gasteiger partial charge in [0.1, 0.15) is 11.3 Å². The van der Waals surface area contributed by atoms with Crippen molar-refractivity contribution in [1.82, 2.24) is 10.3 Å². The van der Waals surface area contributed by atoms with E-state index in [9.17, 15) is 22.8 Å². The summed E-state index contributed by atoms with van der Waals surface area (Å²) in [7, 11) is 0. The molecule has 0 aliphatic rings.